The third-order valence-electron chi connectivity index (χ3n) is 3.87. The Kier molecular flexibility index (Phi) is 7.48. The molecular formula is C14H27ClN4O. The Bertz CT molecular complexity index is 375. The second-order valence-corrected chi connectivity index (χ2v) is 5.81. The average Bonchev–Trinajstić information content (AvgIpc) is 2.87. The lowest BCUT2D eigenvalue weighted by atomic mass is 9.93. The van der Waals surface area contributed by atoms with Crippen LogP contribution >= 0.6 is 12.4 Å². The number of hydrogen-bond donors (Lipinski definition) is 1. The molecule has 1 saturated heterocycles. The Morgan fingerprint density at radius 3 is 2.60 bits per heavy atom. The van der Waals surface area contributed by atoms with Crippen molar-refractivity contribution in [2.45, 2.75) is 45.6 Å². The molecule has 2 rings (SSSR count). The van der Waals surface area contributed by atoms with Crippen molar-refractivity contribution in [2.75, 3.05) is 26.7 Å². The zero-order valence-corrected chi connectivity index (χ0v) is 13.6. The van der Waals surface area contributed by atoms with Crippen LogP contribution in [0.2, 0.25) is 0 Å². The summed E-state index contributed by atoms with van der Waals surface area (Å²) in [5.74, 6) is 2.79. The van der Waals surface area contributed by atoms with Gasteiger partial charge in [-0.25, -0.2) is 0 Å². The van der Waals surface area contributed by atoms with Gasteiger partial charge in [0.1, 0.15) is 0 Å². The fraction of sp³-hybridized carbons (Fsp3) is 0.857. The molecule has 1 aromatic heterocycles. The van der Waals surface area contributed by atoms with Crippen LogP contribution in [-0.2, 0) is 6.54 Å². The van der Waals surface area contributed by atoms with E-state index in [1.807, 2.05) is 7.05 Å². The molecule has 1 fully saturated rings. The van der Waals surface area contributed by atoms with Crippen LogP contribution in [0.3, 0.4) is 0 Å². The van der Waals surface area contributed by atoms with Gasteiger partial charge in [0, 0.05) is 5.92 Å². The molecule has 0 unspecified atom stereocenters. The van der Waals surface area contributed by atoms with E-state index in [1.165, 1.54) is 19.3 Å². The van der Waals surface area contributed by atoms with E-state index in [4.69, 9.17) is 4.52 Å². The lowest BCUT2D eigenvalue weighted by Crippen LogP contribution is -2.34. The fourth-order valence-corrected chi connectivity index (χ4v) is 2.54. The second kappa shape index (κ2) is 8.60. The maximum Gasteiger partial charge on any atom is 0.240 e. The number of nitrogens with one attached hydrogen (secondary N) is 1. The largest absolute Gasteiger partial charge is 0.338 e. The maximum absolute atomic E-state index is 5.31. The number of likely N-dealkylation sites (tertiary alicyclic amines) is 1. The van der Waals surface area contributed by atoms with E-state index in [1.54, 1.807) is 0 Å². The number of rotatable bonds is 6. The van der Waals surface area contributed by atoms with E-state index in [9.17, 15) is 0 Å². The summed E-state index contributed by atoms with van der Waals surface area (Å²) < 4.78 is 5.31. The van der Waals surface area contributed by atoms with E-state index in [2.05, 4.69) is 34.2 Å². The molecule has 116 valence electrons. The first kappa shape index (κ1) is 17.4. The molecule has 1 aromatic rings. The SMILES string of the molecule is CNCCC1CCN(Cc2nc(C(C)C)no2)CC1.Cl. The van der Waals surface area contributed by atoms with Gasteiger partial charge in [0.25, 0.3) is 0 Å². The van der Waals surface area contributed by atoms with Crippen LogP contribution < -0.4 is 5.32 Å². The Morgan fingerprint density at radius 2 is 2.05 bits per heavy atom. The first-order valence-corrected chi connectivity index (χ1v) is 7.38. The van der Waals surface area contributed by atoms with Gasteiger partial charge in [0.05, 0.1) is 6.54 Å². The molecule has 0 spiro atoms. The molecule has 0 radical (unpaired) electrons. The molecule has 6 heteroatoms. The summed E-state index contributed by atoms with van der Waals surface area (Å²) in [6.45, 7) is 8.40. The van der Waals surface area contributed by atoms with E-state index in [0.717, 1.165) is 43.8 Å². The summed E-state index contributed by atoms with van der Waals surface area (Å²) in [6.07, 6.45) is 3.86. The topological polar surface area (TPSA) is 54.2 Å². The average molecular weight is 303 g/mol. The monoisotopic (exact) mass is 302 g/mol. The van der Waals surface area contributed by atoms with E-state index in [-0.39, 0.29) is 12.4 Å². The molecule has 0 aromatic carbocycles. The first-order chi connectivity index (χ1) is 9.19. The minimum Gasteiger partial charge on any atom is -0.338 e. The van der Waals surface area contributed by atoms with Crippen molar-refractivity contribution in [3.8, 4) is 0 Å². The second-order valence-electron chi connectivity index (χ2n) is 5.81. The number of nitrogens with zero attached hydrogens (tertiary/aromatic N) is 3. The molecule has 0 aliphatic carbocycles. The van der Waals surface area contributed by atoms with E-state index < -0.39 is 0 Å². The predicted octanol–water partition coefficient (Wildman–Crippen LogP) is 2.44. The van der Waals surface area contributed by atoms with Crippen molar-refractivity contribution >= 4 is 12.4 Å². The zero-order valence-electron chi connectivity index (χ0n) is 12.8. The smallest absolute Gasteiger partial charge is 0.240 e. The van der Waals surface area contributed by atoms with Crippen molar-refractivity contribution in [3.05, 3.63) is 11.7 Å². The quantitative estimate of drug-likeness (QED) is 0.875. The molecule has 0 amide bonds. The lowest BCUT2D eigenvalue weighted by molar-refractivity contribution is 0.155. The summed E-state index contributed by atoms with van der Waals surface area (Å²) in [6, 6.07) is 0. The van der Waals surface area contributed by atoms with Crippen LogP contribution in [0, 0.1) is 5.92 Å². The zero-order chi connectivity index (χ0) is 13.7. The summed E-state index contributed by atoms with van der Waals surface area (Å²) in [5.41, 5.74) is 0. The molecule has 20 heavy (non-hydrogen) atoms. The highest BCUT2D eigenvalue weighted by Gasteiger charge is 2.20. The van der Waals surface area contributed by atoms with Gasteiger partial charge < -0.3 is 9.84 Å². The van der Waals surface area contributed by atoms with Gasteiger partial charge in [-0.15, -0.1) is 12.4 Å². The number of hydrogen-bond acceptors (Lipinski definition) is 5. The van der Waals surface area contributed by atoms with Crippen molar-refractivity contribution in [1.29, 1.82) is 0 Å². The number of aromatic nitrogens is 2. The van der Waals surface area contributed by atoms with Gasteiger partial charge in [-0.05, 0) is 51.9 Å². The molecule has 5 nitrogen and oxygen atoms in total. The summed E-state index contributed by atoms with van der Waals surface area (Å²) in [7, 11) is 2.02. The Hall–Kier alpha value is -0.650. The fourth-order valence-electron chi connectivity index (χ4n) is 2.54. The Morgan fingerprint density at radius 1 is 1.35 bits per heavy atom. The first-order valence-electron chi connectivity index (χ1n) is 7.38. The van der Waals surface area contributed by atoms with Crippen molar-refractivity contribution in [2.24, 2.45) is 5.92 Å². The molecule has 1 aliphatic rings. The normalized spacial score (nSPS) is 17.4. The van der Waals surface area contributed by atoms with Crippen LogP contribution in [0.15, 0.2) is 4.52 Å². The molecule has 1 N–H and O–H groups in total. The number of halogens is 1. The molecule has 2 heterocycles. The highest BCUT2D eigenvalue weighted by atomic mass is 35.5. The van der Waals surface area contributed by atoms with Gasteiger partial charge in [0.2, 0.25) is 5.89 Å². The van der Waals surface area contributed by atoms with Gasteiger partial charge in [-0.3, -0.25) is 4.90 Å². The minimum absolute atomic E-state index is 0. The highest BCUT2D eigenvalue weighted by molar-refractivity contribution is 5.85. The molecule has 0 atom stereocenters. The van der Waals surface area contributed by atoms with Gasteiger partial charge in [-0.2, -0.15) is 4.98 Å². The standard InChI is InChI=1S/C14H26N4O.ClH/c1-11(2)14-16-13(19-17-14)10-18-8-5-12(6-9-18)4-7-15-3;/h11-12,15H,4-10H2,1-3H3;1H. The van der Waals surface area contributed by atoms with Crippen molar-refractivity contribution in [1.82, 2.24) is 20.4 Å². The van der Waals surface area contributed by atoms with Crippen LogP contribution in [0.1, 0.15) is 50.7 Å². The summed E-state index contributed by atoms with van der Waals surface area (Å²) in [5, 5.41) is 7.25. The maximum atomic E-state index is 5.31. The van der Waals surface area contributed by atoms with Crippen LogP contribution in [0.5, 0.6) is 0 Å². The minimum atomic E-state index is 0. The van der Waals surface area contributed by atoms with E-state index in [0.29, 0.717) is 5.92 Å². The van der Waals surface area contributed by atoms with Crippen LogP contribution in [0.4, 0.5) is 0 Å². The van der Waals surface area contributed by atoms with Crippen molar-refractivity contribution < 1.29 is 4.52 Å². The third-order valence-corrected chi connectivity index (χ3v) is 3.87. The molecule has 0 bridgehead atoms. The highest BCUT2D eigenvalue weighted by Crippen LogP contribution is 2.21. The van der Waals surface area contributed by atoms with Gasteiger partial charge >= 0.3 is 0 Å². The Labute approximate surface area is 127 Å². The summed E-state index contributed by atoms with van der Waals surface area (Å²) >= 11 is 0. The van der Waals surface area contributed by atoms with Crippen molar-refractivity contribution in [3.63, 3.8) is 0 Å². The molecule has 0 saturated carbocycles. The lowest BCUT2D eigenvalue weighted by Gasteiger charge is -2.30. The van der Waals surface area contributed by atoms with Gasteiger partial charge in [0.15, 0.2) is 5.82 Å². The van der Waals surface area contributed by atoms with Crippen LogP contribution in [-0.4, -0.2) is 41.7 Å². The van der Waals surface area contributed by atoms with E-state index >= 15 is 0 Å². The number of piperidine rings is 1. The van der Waals surface area contributed by atoms with Crippen LogP contribution in [0.25, 0.3) is 0 Å². The summed E-state index contributed by atoms with van der Waals surface area (Å²) in [4.78, 5) is 6.87. The molecule has 1 aliphatic heterocycles. The van der Waals surface area contributed by atoms with Gasteiger partial charge in [-0.1, -0.05) is 19.0 Å². The third kappa shape index (κ3) is 5.04. The Balaban J connectivity index is 0.00000200. The predicted molar refractivity (Wildman–Crippen MR) is 82.2 cm³/mol. The molecular weight excluding hydrogens is 276 g/mol.